The first-order chi connectivity index (χ1) is 11.7. The maximum Gasteiger partial charge on any atom is 0.284 e. The summed E-state index contributed by atoms with van der Waals surface area (Å²) in [4.78, 5) is 11.3. The second-order valence-electron chi connectivity index (χ2n) is 5.54. The van der Waals surface area contributed by atoms with E-state index in [-0.39, 0.29) is 5.76 Å². The lowest BCUT2D eigenvalue weighted by Crippen LogP contribution is -2.09. The number of aromatic nitrogens is 2. The van der Waals surface area contributed by atoms with Gasteiger partial charge in [0.1, 0.15) is 5.69 Å². The molecule has 0 saturated carbocycles. The van der Waals surface area contributed by atoms with Crippen LogP contribution in [-0.4, -0.2) is 15.7 Å². The van der Waals surface area contributed by atoms with Crippen LogP contribution in [0.5, 0.6) is 0 Å². The van der Waals surface area contributed by atoms with Gasteiger partial charge in [-0.15, -0.1) is 0 Å². The van der Waals surface area contributed by atoms with E-state index in [2.05, 4.69) is 12.1 Å². The van der Waals surface area contributed by atoms with Gasteiger partial charge < -0.3 is 10.2 Å². The summed E-state index contributed by atoms with van der Waals surface area (Å²) in [6, 6.07) is 21.4. The van der Waals surface area contributed by atoms with Gasteiger partial charge in [0.2, 0.25) is 0 Å². The van der Waals surface area contributed by atoms with Crippen molar-refractivity contribution in [2.75, 3.05) is 0 Å². The second kappa shape index (κ2) is 5.70. The van der Waals surface area contributed by atoms with Gasteiger partial charge in [0, 0.05) is 5.39 Å². The van der Waals surface area contributed by atoms with Gasteiger partial charge in [-0.1, -0.05) is 48.5 Å². The highest BCUT2D eigenvalue weighted by Gasteiger charge is 2.16. The van der Waals surface area contributed by atoms with Crippen molar-refractivity contribution in [1.29, 1.82) is 0 Å². The minimum absolute atomic E-state index is 0.131. The quantitative estimate of drug-likeness (QED) is 0.626. The van der Waals surface area contributed by atoms with Crippen LogP contribution >= 0.6 is 0 Å². The molecular weight excluding hydrogens is 302 g/mol. The van der Waals surface area contributed by atoms with Crippen LogP contribution in [0.15, 0.2) is 71.1 Å². The summed E-state index contributed by atoms with van der Waals surface area (Å²) in [6.45, 7) is 0.657. The number of benzene rings is 2. The normalized spacial score (nSPS) is 11.0. The van der Waals surface area contributed by atoms with Gasteiger partial charge >= 0.3 is 0 Å². The largest absolute Gasteiger partial charge is 0.449 e. The molecule has 0 atom stereocenters. The average Bonchev–Trinajstić information content (AvgIpc) is 3.21. The smallest absolute Gasteiger partial charge is 0.284 e. The van der Waals surface area contributed by atoms with E-state index in [1.165, 1.54) is 0 Å². The Labute approximate surface area is 138 Å². The van der Waals surface area contributed by atoms with Gasteiger partial charge in [0.15, 0.2) is 11.5 Å². The number of carbonyl (C=O) groups is 1. The fourth-order valence-electron chi connectivity index (χ4n) is 2.78. The lowest BCUT2D eigenvalue weighted by atomic mass is 10.2. The molecule has 2 heterocycles. The van der Waals surface area contributed by atoms with E-state index >= 15 is 0 Å². The Morgan fingerprint density at radius 2 is 1.75 bits per heavy atom. The maximum absolute atomic E-state index is 11.3. The first kappa shape index (κ1) is 14.3. The summed E-state index contributed by atoms with van der Waals surface area (Å²) in [6.07, 6.45) is 0. The summed E-state index contributed by atoms with van der Waals surface area (Å²) in [5, 5.41) is 5.67. The Morgan fingerprint density at radius 3 is 2.50 bits per heavy atom. The number of nitrogens with zero attached hydrogens (tertiary/aromatic N) is 2. The molecule has 2 N–H and O–H groups in total. The molecule has 0 aliphatic carbocycles. The van der Waals surface area contributed by atoms with Crippen LogP contribution in [0.25, 0.3) is 22.4 Å². The molecule has 2 aromatic carbocycles. The number of hydrogen-bond acceptors (Lipinski definition) is 3. The van der Waals surface area contributed by atoms with Gasteiger partial charge in [0.25, 0.3) is 5.91 Å². The van der Waals surface area contributed by atoms with Crippen molar-refractivity contribution in [3.63, 3.8) is 0 Å². The molecule has 0 unspecified atom stereocenters. The summed E-state index contributed by atoms with van der Waals surface area (Å²) in [7, 11) is 0. The highest BCUT2D eigenvalue weighted by molar-refractivity contribution is 5.94. The number of hydrogen-bond donors (Lipinski definition) is 1. The Morgan fingerprint density at radius 1 is 1.00 bits per heavy atom. The van der Waals surface area contributed by atoms with E-state index in [0.29, 0.717) is 18.0 Å². The van der Waals surface area contributed by atoms with Crippen molar-refractivity contribution in [3.05, 3.63) is 78.1 Å². The maximum atomic E-state index is 11.3. The number of para-hydroxylation sites is 1. The minimum Gasteiger partial charge on any atom is -0.449 e. The first-order valence-electron chi connectivity index (χ1n) is 7.62. The Bertz CT molecular complexity index is 1020. The second-order valence-corrected chi connectivity index (χ2v) is 5.54. The molecule has 0 fully saturated rings. The number of fused-ring (bicyclic) bond motifs is 1. The molecule has 1 amide bonds. The fraction of sp³-hybridized carbons (Fsp3) is 0.0526. The van der Waals surface area contributed by atoms with Crippen molar-refractivity contribution >= 4 is 16.8 Å². The lowest BCUT2D eigenvalue weighted by molar-refractivity contribution is 0.0974. The fourth-order valence-corrected chi connectivity index (χ4v) is 2.78. The summed E-state index contributed by atoms with van der Waals surface area (Å²) in [5.41, 5.74) is 8.14. The van der Waals surface area contributed by atoms with Crippen LogP contribution in [-0.2, 0) is 6.54 Å². The molecule has 0 bridgehead atoms. The van der Waals surface area contributed by atoms with Crippen molar-refractivity contribution in [2.45, 2.75) is 6.54 Å². The molecule has 24 heavy (non-hydrogen) atoms. The van der Waals surface area contributed by atoms with Gasteiger partial charge in [-0.3, -0.25) is 9.48 Å². The molecule has 118 valence electrons. The standard InChI is InChI=1S/C19H15N3O2/c20-19(23)17-11-10-16(24-17)18-14-8-4-5-9-15(14)22(21-18)12-13-6-2-1-3-7-13/h1-11H,12H2,(H2,20,23). The van der Waals surface area contributed by atoms with Gasteiger partial charge in [0.05, 0.1) is 12.1 Å². The number of nitrogens with two attached hydrogens (primary N) is 1. The molecule has 0 spiro atoms. The summed E-state index contributed by atoms with van der Waals surface area (Å²) in [5.74, 6) is 0.0766. The van der Waals surface area contributed by atoms with Crippen molar-refractivity contribution in [2.24, 2.45) is 5.73 Å². The number of primary amides is 1. The molecule has 0 saturated heterocycles. The van der Waals surface area contributed by atoms with Crippen LogP contribution in [0.2, 0.25) is 0 Å². The zero-order valence-corrected chi connectivity index (χ0v) is 12.8. The number of amides is 1. The van der Waals surface area contributed by atoms with Crippen LogP contribution in [0.1, 0.15) is 16.1 Å². The highest BCUT2D eigenvalue weighted by Crippen LogP contribution is 2.29. The Kier molecular flexibility index (Phi) is 3.39. The van der Waals surface area contributed by atoms with Gasteiger partial charge in [-0.05, 0) is 23.8 Å². The molecular formula is C19H15N3O2. The average molecular weight is 317 g/mol. The molecule has 0 radical (unpaired) electrons. The third kappa shape index (κ3) is 2.46. The summed E-state index contributed by atoms with van der Waals surface area (Å²) >= 11 is 0. The zero-order valence-electron chi connectivity index (χ0n) is 12.8. The number of rotatable bonds is 4. The SMILES string of the molecule is NC(=O)c1ccc(-c2nn(Cc3ccccc3)c3ccccc23)o1. The van der Waals surface area contributed by atoms with Crippen molar-refractivity contribution < 1.29 is 9.21 Å². The van der Waals surface area contributed by atoms with E-state index in [9.17, 15) is 4.79 Å². The minimum atomic E-state index is -0.589. The Balaban J connectivity index is 1.83. The molecule has 2 aromatic heterocycles. The monoisotopic (exact) mass is 317 g/mol. The van der Waals surface area contributed by atoms with Crippen molar-refractivity contribution in [1.82, 2.24) is 9.78 Å². The lowest BCUT2D eigenvalue weighted by Gasteiger charge is -2.03. The van der Waals surface area contributed by atoms with Crippen molar-refractivity contribution in [3.8, 4) is 11.5 Å². The molecule has 0 aliphatic heterocycles. The first-order valence-corrected chi connectivity index (χ1v) is 7.62. The zero-order chi connectivity index (χ0) is 16.5. The highest BCUT2D eigenvalue weighted by atomic mass is 16.4. The number of furan rings is 1. The van der Waals surface area contributed by atoms with E-state index in [1.54, 1.807) is 12.1 Å². The molecule has 4 aromatic rings. The third-order valence-electron chi connectivity index (χ3n) is 3.92. The van der Waals surface area contributed by atoms with E-state index < -0.39 is 5.91 Å². The molecule has 5 nitrogen and oxygen atoms in total. The van der Waals surface area contributed by atoms with E-state index in [0.717, 1.165) is 16.5 Å². The van der Waals surface area contributed by atoms with Crippen LogP contribution in [0.3, 0.4) is 0 Å². The van der Waals surface area contributed by atoms with E-state index in [1.807, 2.05) is 47.1 Å². The van der Waals surface area contributed by atoms with Gasteiger partial charge in [-0.25, -0.2) is 0 Å². The van der Waals surface area contributed by atoms with Crippen LogP contribution in [0, 0.1) is 0 Å². The topological polar surface area (TPSA) is 74.1 Å². The molecule has 4 rings (SSSR count). The summed E-state index contributed by atoms with van der Waals surface area (Å²) < 4.78 is 7.49. The third-order valence-corrected chi connectivity index (χ3v) is 3.92. The number of carbonyl (C=O) groups excluding carboxylic acids is 1. The Hall–Kier alpha value is -3.34. The van der Waals surface area contributed by atoms with E-state index in [4.69, 9.17) is 15.2 Å². The van der Waals surface area contributed by atoms with Crippen LogP contribution < -0.4 is 5.73 Å². The van der Waals surface area contributed by atoms with Crippen LogP contribution in [0.4, 0.5) is 0 Å². The molecule has 5 heteroatoms. The van der Waals surface area contributed by atoms with Gasteiger partial charge in [-0.2, -0.15) is 5.10 Å². The predicted octanol–water partition coefficient (Wildman–Crippen LogP) is 3.44. The predicted molar refractivity (Wildman–Crippen MR) is 91.5 cm³/mol. The molecule has 0 aliphatic rings.